The van der Waals surface area contributed by atoms with Crippen LogP contribution in [0.1, 0.15) is 42.8 Å². The van der Waals surface area contributed by atoms with Gasteiger partial charge in [-0.05, 0) is 38.3 Å². The zero-order valence-electron chi connectivity index (χ0n) is 17.2. The van der Waals surface area contributed by atoms with E-state index >= 15 is 0 Å². The van der Waals surface area contributed by atoms with E-state index in [0.29, 0.717) is 52.1 Å². The molecule has 32 heavy (non-hydrogen) atoms. The van der Waals surface area contributed by atoms with Crippen molar-refractivity contribution in [2.24, 2.45) is 0 Å². The summed E-state index contributed by atoms with van der Waals surface area (Å²) < 4.78 is 67.8. The standard InChI is InChI=1S/C19H19F3N6O2S2/c1-3-32(29,30)27-6-4-5-11(8-27)16-25-17-15-14(23-9-28(17)26-16)13-10(2)7-12(19(20,21)22)24-18(13)31-15/h7,9,11H,3-6,8H2,1-2H3/t11-/m1/s1. The predicted octanol–water partition coefficient (Wildman–Crippen LogP) is 3.74. The minimum atomic E-state index is -4.54. The van der Waals surface area contributed by atoms with Crippen LogP contribution in [-0.4, -0.2) is 56.1 Å². The highest BCUT2D eigenvalue weighted by molar-refractivity contribution is 7.89. The summed E-state index contributed by atoms with van der Waals surface area (Å²) in [6.45, 7) is 4.02. The van der Waals surface area contributed by atoms with E-state index in [1.165, 1.54) is 15.1 Å². The molecule has 0 radical (unpaired) electrons. The minimum Gasteiger partial charge on any atom is -0.234 e. The highest BCUT2D eigenvalue weighted by atomic mass is 32.2. The second-order valence-corrected chi connectivity index (χ2v) is 11.1. The third-order valence-electron chi connectivity index (χ3n) is 5.78. The second-order valence-electron chi connectivity index (χ2n) is 7.86. The van der Waals surface area contributed by atoms with E-state index in [1.54, 1.807) is 13.8 Å². The SMILES string of the molecule is CCS(=O)(=O)N1CCC[C@@H](c2nc3c4sc5nc(C(F)(F)F)cc(C)c5c4ncn3n2)C1. The van der Waals surface area contributed by atoms with Gasteiger partial charge in [0.1, 0.15) is 21.6 Å². The second kappa shape index (κ2) is 7.32. The van der Waals surface area contributed by atoms with Gasteiger partial charge in [0.05, 0.1) is 11.3 Å². The van der Waals surface area contributed by atoms with Crippen LogP contribution in [-0.2, 0) is 16.2 Å². The van der Waals surface area contributed by atoms with Gasteiger partial charge in [0.15, 0.2) is 11.5 Å². The molecular formula is C19H19F3N6O2S2. The maximum atomic E-state index is 13.2. The molecule has 5 heterocycles. The fourth-order valence-corrected chi connectivity index (χ4v) is 6.49. The van der Waals surface area contributed by atoms with Crippen molar-refractivity contribution in [2.75, 3.05) is 18.8 Å². The van der Waals surface area contributed by atoms with Crippen LogP contribution in [0.3, 0.4) is 0 Å². The molecule has 0 amide bonds. The molecule has 4 aromatic heterocycles. The Kier molecular flexibility index (Phi) is 4.91. The molecule has 0 N–H and O–H groups in total. The van der Waals surface area contributed by atoms with Crippen LogP contribution in [0.2, 0.25) is 0 Å². The van der Waals surface area contributed by atoms with Gasteiger partial charge in [-0.1, -0.05) is 0 Å². The lowest BCUT2D eigenvalue weighted by atomic mass is 9.99. The number of hydrogen-bond donors (Lipinski definition) is 0. The van der Waals surface area contributed by atoms with Crippen molar-refractivity contribution in [1.29, 1.82) is 0 Å². The van der Waals surface area contributed by atoms with Gasteiger partial charge in [-0.15, -0.1) is 16.4 Å². The largest absolute Gasteiger partial charge is 0.433 e. The molecule has 1 saturated heterocycles. The molecule has 0 saturated carbocycles. The lowest BCUT2D eigenvalue weighted by Gasteiger charge is -2.30. The summed E-state index contributed by atoms with van der Waals surface area (Å²) in [6, 6.07) is 1.03. The van der Waals surface area contributed by atoms with Crippen LogP contribution < -0.4 is 0 Å². The van der Waals surface area contributed by atoms with Crippen molar-refractivity contribution < 1.29 is 21.6 Å². The molecule has 0 spiro atoms. The Morgan fingerprint density at radius 1 is 1.28 bits per heavy atom. The molecule has 1 atom stereocenters. The molecule has 0 bridgehead atoms. The summed E-state index contributed by atoms with van der Waals surface area (Å²) in [5.74, 6) is 0.385. The Morgan fingerprint density at radius 2 is 2.06 bits per heavy atom. The van der Waals surface area contributed by atoms with E-state index in [2.05, 4.69) is 20.1 Å². The van der Waals surface area contributed by atoms with Crippen molar-refractivity contribution in [3.63, 3.8) is 0 Å². The molecule has 8 nitrogen and oxygen atoms in total. The summed E-state index contributed by atoms with van der Waals surface area (Å²) in [6.07, 6.45) is -1.59. The van der Waals surface area contributed by atoms with Crippen LogP contribution in [0.5, 0.6) is 0 Å². The van der Waals surface area contributed by atoms with Crippen molar-refractivity contribution in [3.8, 4) is 0 Å². The van der Waals surface area contributed by atoms with Gasteiger partial charge < -0.3 is 0 Å². The number of alkyl halides is 3. The van der Waals surface area contributed by atoms with Gasteiger partial charge in [0, 0.05) is 24.4 Å². The van der Waals surface area contributed by atoms with Gasteiger partial charge in [-0.25, -0.2) is 32.2 Å². The Morgan fingerprint density at radius 3 is 2.78 bits per heavy atom. The van der Waals surface area contributed by atoms with E-state index in [9.17, 15) is 21.6 Å². The summed E-state index contributed by atoms with van der Waals surface area (Å²) in [5.41, 5.74) is 0.523. The maximum absolute atomic E-state index is 13.2. The number of sulfonamides is 1. The van der Waals surface area contributed by atoms with E-state index in [1.807, 2.05) is 0 Å². The van der Waals surface area contributed by atoms with E-state index in [-0.39, 0.29) is 16.5 Å². The third-order valence-corrected chi connectivity index (χ3v) is 8.70. The van der Waals surface area contributed by atoms with E-state index in [0.717, 1.165) is 23.8 Å². The first kappa shape index (κ1) is 21.5. The topological polar surface area (TPSA) is 93.4 Å². The first-order valence-electron chi connectivity index (χ1n) is 10.1. The van der Waals surface area contributed by atoms with Crippen molar-refractivity contribution in [2.45, 2.75) is 38.8 Å². The van der Waals surface area contributed by atoms with Gasteiger partial charge in [0.25, 0.3) is 0 Å². The Balaban J connectivity index is 1.62. The molecule has 1 aliphatic rings. The number of rotatable bonds is 3. The van der Waals surface area contributed by atoms with Gasteiger partial charge in [-0.2, -0.15) is 13.2 Å². The summed E-state index contributed by atoms with van der Waals surface area (Å²) in [7, 11) is -3.30. The highest BCUT2D eigenvalue weighted by Gasteiger charge is 2.34. The molecule has 0 unspecified atom stereocenters. The van der Waals surface area contributed by atoms with Crippen molar-refractivity contribution in [3.05, 3.63) is 29.5 Å². The van der Waals surface area contributed by atoms with Gasteiger partial charge >= 0.3 is 6.18 Å². The summed E-state index contributed by atoms with van der Waals surface area (Å²) in [4.78, 5) is 13.1. The molecule has 1 aliphatic heterocycles. The molecule has 5 rings (SSSR count). The smallest absolute Gasteiger partial charge is 0.234 e. The molecular weight excluding hydrogens is 465 g/mol. The van der Waals surface area contributed by atoms with Gasteiger partial charge in [-0.3, -0.25) is 0 Å². The molecule has 170 valence electrons. The van der Waals surface area contributed by atoms with Crippen LogP contribution in [0.4, 0.5) is 13.2 Å². The molecule has 1 fully saturated rings. The zero-order chi connectivity index (χ0) is 22.8. The van der Waals surface area contributed by atoms with Gasteiger partial charge in [0.2, 0.25) is 10.0 Å². The quantitative estimate of drug-likeness (QED) is 0.440. The van der Waals surface area contributed by atoms with Crippen LogP contribution in [0.25, 0.3) is 26.1 Å². The van der Waals surface area contributed by atoms with Crippen LogP contribution in [0.15, 0.2) is 12.4 Å². The number of pyridine rings is 1. The third kappa shape index (κ3) is 3.42. The maximum Gasteiger partial charge on any atom is 0.433 e. The number of aryl methyl sites for hydroxylation is 1. The average Bonchev–Trinajstić information content (AvgIpc) is 3.34. The lowest BCUT2D eigenvalue weighted by molar-refractivity contribution is -0.141. The van der Waals surface area contributed by atoms with Crippen molar-refractivity contribution >= 4 is 47.4 Å². The highest BCUT2D eigenvalue weighted by Crippen LogP contribution is 2.39. The first-order chi connectivity index (χ1) is 15.1. The number of thiophene rings is 1. The summed E-state index contributed by atoms with van der Waals surface area (Å²) >= 11 is 1.10. The number of aromatic nitrogens is 5. The molecule has 0 aliphatic carbocycles. The molecule has 13 heteroatoms. The number of piperidine rings is 1. The normalized spacial score (nSPS) is 18.8. The van der Waals surface area contributed by atoms with E-state index in [4.69, 9.17) is 0 Å². The van der Waals surface area contributed by atoms with Crippen LogP contribution in [0, 0.1) is 6.92 Å². The number of hydrogen-bond acceptors (Lipinski definition) is 7. The Bertz CT molecular complexity index is 1460. The van der Waals surface area contributed by atoms with Crippen molar-refractivity contribution in [1.82, 2.24) is 28.9 Å². The average molecular weight is 485 g/mol. The number of fused-ring (bicyclic) bond motifs is 5. The number of halogens is 3. The fraction of sp³-hybridized carbons (Fsp3) is 0.474. The molecule has 0 aromatic carbocycles. The van der Waals surface area contributed by atoms with Crippen LogP contribution >= 0.6 is 11.3 Å². The Hall–Kier alpha value is -2.38. The fourth-order valence-electron chi connectivity index (χ4n) is 4.13. The number of nitrogens with zero attached hydrogens (tertiary/aromatic N) is 6. The molecule has 4 aromatic rings. The Labute approximate surface area is 185 Å². The minimum absolute atomic E-state index is 0.0386. The summed E-state index contributed by atoms with van der Waals surface area (Å²) in [5, 5.41) is 5.08. The zero-order valence-corrected chi connectivity index (χ0v) is 18.9. The monoisotopic (exact) mass is 484 g/mol. The van der Waals surface area contributed by atoms with E-state index < -0.39 is 21.9 Å². The first-order valence-corrected chi connectivity index (χ1v) is 12.5. The predicted molar refractivity (Wildman–Crippen MR) is 114 cm³/mol. The lowest BCUT2D eigenvalue weighted by Crippen LogP contribution is -2.40.